The van der Waals surface area contributed by atoms with E-state index in [-0.39, 0.29) is 32.5 Å². The highest BCUT2D eigenvalue weighted by Crippen LogP contribution is 2.31. The van der Waals surface area contributed by atoms with Gasteiger partial charge in [0.2, 0.25) is 0 Å². The van der Waals surface area contributed by atoms with E-state index in [1.165, 1.54) is 5.56 Å². The Bertz CT molecular complexity index is 1040. The van der Waals surface area contributed by atoms with E-state index in [4.69, 9.17) is 0 Å². The van der Waals surface area contributed by atoms with Gasteiger partial charge in [0.15, 0.2) is 0 Å². The Morgan fingerprint density at radius 1 is 0.390 bits per heavy atom. The van der Waals surface area contributed by atoms with Gasteiger partial charge in [-0.1, -0.05) is 131 Å². The molecule has 0 saturated heterocycles. The summed E-state index contributed by atoms with van der Waals surface area (Å²) in [5.74, 6) is 0. The zero-order valence-electron chi connectivity index (χ0n) is 29.5. The van der Waals surface area contributed by atoms with Gasteiger partial charge in [-0.3, -0.25) is 4.98 Å². The molecule has 0 amide bonds. The van der Waals surface area contributed by atoms with Crippen molar-refractivity contribution in [1.82, 2.24) is 25.4 Å². The highest BCUT2D eigenvalue weighted by atomic mass is 32.1. The first-order valence-electron chi connectivity index (χ1n) is 14.8. The molecule has 0 unspecified atom stereocenters. The van der Waals surface area contributed by atoms with Gasteiger partial charge in [-0.25, -0.2) is 0 Å². The molecule has 41 heavy (non-hydrogen) atoms. The van der Waals surface area contributed by atoms with E-state index in [1.54, 1.807) is 11.3 Å². The van der Waals surface area contributed by atoms with E-state index in [1.807, 2.05) is 6.20 Å². The van der Waals surface area contributed by atoms with E-state index in [0.29, 0.717) is 0 Å². The summed E-state index contributed by atoms with van der Waals surface area (Å²) in [6.07, 6.45) is 2.00. The van der Waals surface area contributed by atoms with Crippen LogP contribution in [0.25, 0.3) is 0 Å². The van der Waals surface area contributed by atoms with Gasteiger partial charge >= 0.3 is 0 Å². The summed E-state index contributed by atoms with van der Waals surface area (Å²) in [4.78, 5) is 4.52. The Morgan fingerprint density at radius 2 is 0.732 bits per heavy atom. The highest BCUT2D eigenvalue weighted by Gasteiger charge is 2.24. The SMILES string of the molecule is CC(C)(C)c1ccc(C(C)(C)C)nc1.CC(C)(C)c1ccc(C(C)(C)C)nn1.CC(C)(C)c1nnc(C(C)(C)C)s1. The first kappa shape index (κ1) is 36.8. The first-order valence-corrected chi connectivity index (χ1v) is 15.6. The van der Waals surface area contributed by atoms with E-state index in [9.17, 15) is 0 Å². The topological polar surface area (TPSA) is 64.5 Å². The number of hydrogen-bond acceptors (Lipinski definition) is 6. The second kappa shape index (κ2) is 13.0. The molecule has 0 radical (unpaired) electrons. The molecule has 0 saturated carbocycles. The minimum absolute atomic E-state index is 0.0867. The summed E-state index contributed by atoms with van der Waals surface area (Å²) in [5, 5.41) is 19.2. The predicted octanol–water partition coefficient (Wildman–Crippen LogP) is 9.88. The molecule has 0 bridgehead atoms. The van der Waals surface area contributed by atoms with Gasteiger partial charge < -0.3 is 0 Å². The van der Waals surface area contributed by atoms with Gasteiger partial charge in [0.05, 0.1) is 11.4 Å². The highest BCUT2D eigenvalue weighted by molar-refractivity contribution is 7.11. The Balaban J connectivity index is 0.000000308. The molecule has 3 rings (SSSR count). The second-order valence-electron chi connectivity index (χ2n) is 17.1. The van der Waals surface area contributed by atoms with E-state index in [0.717, 1.165) is 27.1 Å². The number of hydrogen-bond donors (Lipinski definition) is 0. The lowest BCUT2D eigenvalue weighted by molar-refractivity contribution is 0.527. The smallest absolute Gasteiger partial charge is 0.122 e. The molecule has 0 N–H and O–H groups in total. The lowest BCUT2D eigenvalue weighted by Gasteiger charge is -2.22. The third-order valence-electron chi connectivity index (χ3n) is 6.31. The molecule has 0 aliphatic rings. The predicted molar refractivity (Wildman–Crippen MR) is 178 cm³/mol. The van der Waals surface area contributed by atoms with Crippen LogP contribution >= 0.6 is 11.3 Å². The fourth-order valence-corrected chi connectivity index (χ4v) is 4.20. The van der Waals surface area contributed by atoms with Crippen LogP contribution in [0.4, 0.5) is 0 Å². The van der Waals surface area contributed by atoms with Crippen molar-refractivity contribution in [3.63, 3.8) is 0 Å². The van der Waals surface area contributed by atoms with Crippen LogP contribution in [0.15, 0.2) is 30.5 Å². The summed E-state index contributed by atoms with van der Waals surface area (Å²) in [7, 11) is 0. The Morgan fingerprint density at radius 3 is 0.927 bits per heavy atom. The van der Waals surface area contributed by atoms with Crippen molar-refractivity contribution in [1.29, 1.82) is 0 Å². The van der Waals surface area contributed by atoms with Gasteiger partial charge in [0.25, 0.3) is 0 Å². The second-order valence-corrected chi connectivity index (χ2v) is 18.1. The van der Waals surface area contributed by atoms with Crippen LogP contribution in [-0.2, 0) is 32.5 Å². The lowest BCUT2D eigenvalue weighted by atomic mass is 9.86. The molecular weight excluding hydrogens is 522 g/mol. The largest absolute Gasteiger partial charge is 0.260 e. The molecule has 0 aliphatic carbocycles. The average Bonchev–Trinajstić information content (AvgIpc) is 3.30. The molecule has 0 aromatic carbocycles. The zero-order chi connectivity index (χ0) is 32.2. The van der Waals surface area contributed by atoms with Crippen molar-refractivity contribution < 1.29 is 0 Å². The summed E-state index contributed by atoms with van der Waals surface area (Å²) >= 11 is 1.72. The molecule has 0 atom stereocenters. The normalized spacial score (nSPS) is 13.1. The maximum absolute atomic E-state index is 4.52. The van der Waals surface area contributed by atoms with Crippen LogP contribution in [-0.4, -0.2) is 25.4 Å². The number of nitrogens with zero attached hydrogens (tertiary/aromatic N) is 5. The van der Waals surface area contributed by atoms with Crippen molar-refractivity contribution in [3.05, 3.63) is 63.1 Å². The number of aromatic nitrogens is 5. The van der Waals surface area contributed by atoms with Crippen molar-refractivity contribution in [2.45, 2.75) is 157 Å². The molecule has 0 spiro atoms. The average molecular weight is 582 g/mol. The molecular formula is C35H59N5S. The standard InChI is InChI=1S/C13H21N.C12H20N2.C10H18N2S/c1-12(2,3)10-7-8-11(14-9-10)13(4,5)6;1-11(2,3)9-7-8-10(14-13-9)12(4,5)6;1-9(2,3)7-11-12-8(13-7)10(4,5)6/h7-9H,1-6H3;7-8H,1-6H3;1-6H3. The van der Waals surface area contributed by atoms with Gasteiger partial charge in [0, 0.05) is 39.0 Å². The Kier molecular flexibility index (Phi) is 11.6. The molecule has 3 heterocycles. The molecule has 3 aromatic heterocycles. The molecule has 0 aliphatic heterocycles. The third-order valence-corrected chi connectivity index (χ3v) is 8.08. The summed E-state index contributed by atoms with van der Waals surface area (Å²) < 4.78 is 0. The summed E-state index contributed by atoms with van der Waals surface area (Å²) in [6.45, 7) is 39.1. The van der Waals surface area contributed by atoms with Gasteiger partial charge in [-0.2, -0.15) is 10.2 Å². The van der Waals surface area contributed by atoms with Crippen LogP contribution in [0.3, 0.4) is 0 Å². The fraction of sp³-hybridized carbons (Fsp3) is 0.686. The van der Waals surface area contributed by atoms with Crippen molar-refractivity contribution >= 4 is 11.3 Å². The van der Waals surface area contributed by atoms with Crippen LogP contribution in [0.2, 0.25) is 0 Å². The van der Waals surface area contributed by atoms with E-state index < -0.39 is 0 Å². The fourth-order valence-electron chi connectivity index (χ4n) is 3.24. The zero-order valence-corrected chi connectivity index (χ0v) is 30.3. The maximum atomic E-state index is 4.52. The van der Waals surface area contributed by atoms with E-state index >= 15 is 0 Å². The van der Waals surface area contributed by atoms with E-state index in [2.05, 4.69) is 174 Å². The van der Waals surface area contributed by atoms with Crippen LogP contribution in [0.1, 0.15) is 157 Å². The first-order chi connectivity index (χ1) is 18.1. The number of rotatable bonds is 0. The van der Waals surface area contributed by atoms with Crippen LogP contribution in [0, 0.1) is 0 Å². The number of pyridine rings is 1. The monoisotopic (exact) mass is 581 g/mol. The van der Waals surface area contributed by atoms with Crippen LogP contribution in [0.5, 0.6) is 0 Å². The van der Waals surface area contributed by atoms with Gasteiger partial charge in [-0.15, -0.1) is 21.5 Å². The molecule has 230 valence electrons. The lowest BCUT2D eigenvalue weighted by Crippen LogP contribution is -2.18. The summed E-state index contributed by atoms with van der Waals surface area (Å²) in [6, 6.07) is 8.48. The summed E-state index contributed by atoms with van der Waals surface area (Å²) in [5.41, 5.74) is 5.32. The maximum Gasteiger partial charge on any atom is 0.122 e. The quantitative estimate of drug-likeness (QED) is 0.264. The van der Waals surface area contributed by atoms with Gasteiger partial charge in [-0.05, 0) is 29.2 Å². The Hall–Kier alpha value is -2.21. The molecule has 5 nitrogen and oxygen atoms in total. The minimum Gasteiger partial charge on any atom is -0.260 e. The molecule has 0 fully saturated rings. The van der Waals surface area contributed by atoms with Crippen molar-refractivity contribution in [2.75, 3.05) is 0 Å². The van der Waals surface area contributed by atoms with Crippen molar-refractivity contribution in [2.24, 2.45) is 0 Å². The molecule has 6 heteroatoms. The minimum atomic E-state index is 0.0867. The molecule has 3 aromatic rings. The third kappa shape index (κ3) is 12.3. The van der Waals surface area contributed by atoms with Gasteiger partial charge in [0.1, 0.15) is 10.0 Å². The Labute approximate surface area is 256 Å². The van der Waals surface area contributed by atoms with Crippen LogP contribution < -0.4 is 0 Å². The van der Waals surface area contributed by atoms with Crippen molar-refractivity contribution in [3.8, 4) is 0 Å².